The van der Waals surface area contributed by atoms with E-state index in [1.165, 1.54) is 0 Å². The van der Waals surface area contributed by atoms with Gasteiger partial charge in [0, 0.05) is 26.1 Å². The number of hydrogen-bond acceptors (Lipinski definition) is 5. The number of nitrogens with zero attached hydrogens (tertiary/aromatic N) is 3. The van der Waals surface area contributed by atoms with Crippen molar-refractivity contribution in [2.75, 3.05) is 13.1 Å². The summed E-state index contributed by atoms with van der Waals surface area (Å²) in [4.78, 5) is 2.27. The molecule has 7 heteroatoms. The second kappa shape index (κ2) is 6.44. The Morgan fingerprint density at radius 2 is 2.14 bits per heavy atom. The summed E-state index contributed by atoms with van der Waals surface area (Å²) in [7, 11) is 0. The van der Waals surface area contributed by atoms with Gasteiger partial charge in [-0.15, -0.1) is 10.2 Å². The Kier molecular flexibility index (Phi) is 4.57. The minimum absolute atomic E-state index is 0.0867. The highest BCUT2D eigenvalue weighted by Gasteiger charge is 2.30. The lowest BCUT2D eigenvalue weighted by atomic mass is 10.3. The summed E-state index contributed by atoms with van der Waals surface area (Å²) in [5.74, 6) is 1.97. The lowest BCUT2D eigenvalue weighted by Crippen LogP contribution is -2.27. The standard InChI is InChI=1S/C15H17Cl2N3O2/c1-9(15-19-18-10(2)21-15)20-6-5-12(8-20)22-11-3-4-13(16)14(17)7-11/h3-4,7,9,12H,5-6,8H2,1-2H3/t9-,12-/m0/s1. The predicted octanol–water partition coefficient (Wildman–Crippen LogP) is 3.90. The molecule has 5 nitrogen and oxygen atoms in total. The normalized spacial score (nSPS) is 20.3. The van der Waals surface area contributed by atoms with Gasteiger partial charge in [-0.1, -0.05) is 23.2 Å². The molecule has 1 aromatic heterocycles. The third kappa shape index (κ3) is 3.37. The highest BCUT2D eigenvalue weighted by Crippen LogP contribution is 2.29. The summed E-state index contributed by atoms with van der Waals surface area (Å²) < 4.78 is 11.5. The summed E-state index contributed by atoms with van der Waals surface area (Å²) in [6, 6.07) is 5.41. The van der Waals surface area contributed by atoms with Crippen LogP contribution >= 0.6 is 23.2 Å². The number of aromatic nitrogens is 2. The first-order chi connectivity index (χ1) is 10.5. The average Bonchev–Trinajstić information content (AvgIpc) is 3.11. The second-order valence-electron chi connectivity index (χ2n) is 5.43. The van der Waals surface area contributed by atoms with Gasteiger partial charge in [-0.25, -0.2) is 0 Å². The minimum Gasteiger partial charge on any atom is -0.489 e. The Hall–Kier alpha value is -1.30. The highest BCUT2D eigenvalue weighted by molar-refractivity contribution is 6.42. The van der Waals surface area contributed by atoms with Gasteiger partial charge in [-0.2, -0.15) is 0 Å². The Morgan fingerprint density at radius 3 is 2.82 bits per heavy atom. The van der Waals surface area contributed by atoms with Gasteiger partial charge in [0.1, 0.15) is 11.9 Å². The van der Waals surface area contributed by atoms with Gasteiger partial charge in [0.2, 0.25) is 11.8 Å². The zero-order valence-corrected chi connectivity index (χ0v) is 13.9. The molecule has 1 aliphatic heterocycles. The van der Waals surface area contributed by atoms with Crippen molar-refractivity contribution in [2.24, 2.45) is 0 Å². The Morgan fingerprint density at radius 1 is 1.32 bits per heavy atom. The predicted molar refractivity (Wildman–Crippen MR) is 84.5 cm³/mol. The molecule has 0 unspecified atom stereocenters. The van der Waals surface area contributed by atoms with Crippen molar-refractivity contribution in [1.82, 2.24) is 15.1 Å². The maximum absolute atomic E-state index is 6.01. The van der Waals surface area contributed by atoms with E-state index in [1.54, 1.807) is 19.1 Å². The van der Waals surface area contributed by atoms with Gasteiger partial charge in [0.15, 0.2) is 0 Å². The van der Waals surface area contributed by atoms with Crippen molar-refractivity contribution in [1.29, 1.82) is 0 Å². The number of halogens is 2. The monoisotopic (exact) mass is 341 g/mol. The largest absolute Gasteiger partial charge is 0.489 e. The summed E-state index contributed by atoms with van der Waals surface area (Å²) in [6.07, 6.45) is 1.06. The number of ether oxygens (including phenoxy) is 1. The number of benzene rings is 1. The van der Waals surface area contributed by atoms with Crippen LogP contribution in [-0.4, -0.2) is 34.3 Å². The smallest absolute Gasteiger partial charge is 0.233 e. The zero-order chi connectivity index (χ0) is 15.7. The van der Waals surface area contributed by atoms with Crippen molar-refractivity contribution >= 4 is 23.2 Å². The van der Waals surface area contributed by atoms with Crippen molar-refractivity contribution in [3.63, 3.8) is 0 Å². The van der Waals surface area contributed by atoms with Crippen LogP contribution in [0.15, 0.2) is 22.6 Å². The van der Waals surface area contributed by atoms with E-state index in [-0.39, 0.29) is 12.1 Å². The molecule has 0 bridgehead atoms. The molecule has 0 radical (unpaired) electrons. The Balaban J connectivity index is 1.61. The number of aryl methyl sites for hydroxylation is 1. The van der Waals surface area contributed by atoms with E-state index in [4.69, 9.17) is 32.4 Å². The summed E-state index contributed by atoms with van der Waals surface area (Å²) in [5.41, 5.74) is 0. The molecule has 118 valence electrons. The fourth-order valence-corrected chi connectivity index (χ4v) is 2.87. The fourth-order valence-electron chi connectivity index (χ4n) is 2.58. The molecule has 0 amide bonds. The number of rotatable bonds is 4. The number of likely N-dealkylation sites (tertiary alicyclic amines) is 1. The summed E-state index contributed by atoms with van der Waals surface area (Å²) in [5, 5.41) is 9.00. The SMILES string of the molecule is Cc1nnc([C@H](C)N2CC[C@H](Oc3ccc(Cl)c(Cl)c3)C2)o1. The molecular weight excluding hydrogens is 325 g/mol. The zero-order valence-electron chi connectivity index (χ0n) is 12.4. The quantitative estimate of drug-likeness (QED) is 0.843. The lowest BCUT2D eigenvalue weighted by Gasteiger charge is -2.21. The van der Waals surface area contributed by atoms with Crippen molar-refractivity contribution < 1.29 is 9.15 Å². The summed E-state index contributed by atoms with van der Waals surface area (Å²) >= 11 is 11.9. The third-order valence-electron chi connectivity index (χ3n) is 3.82. The van der Waals surface area contributed by atoms with Crippen LogP contribution in [0.2, 0.25) is 10.0 Å². The van der Waals surface area contributed by atoms with Crippen LogP contribution in [0, 0.1) is 6.92 Å². The van der Waals surface area contributed by atoms with E-state index < -0.39 is 0 Å². The van der Waals surface area contributed by atoms with E-state index >= 15 is 0 Å². The average molecular weight is 342 g/mol. The van der Waals surface area contributed by atoms with Crippen LogP contribution in [0.1, 0.15) is 31.2 Å². The first-order valence-electron chi connectivity index (χ1n) is 7.18. The van der Waals surface area contributed by atoms with E-state index in [0.29, 0.717) is 21.8 Å². The third-order valence-corrected chi connectivity index (χ3v) is 4.56. The van der Waals surface area contributed by atoms with Crippen LogP contribution in [0.5, 0.6) is 5.75 Å². The Labute approximate surface area is 139 Å². The Bertz CT molecular complexity index is 662. The van der Waals surface area contributed by atoms with Gasteiger partial charge < -0.3 is 9.15 Å². The van der Waals surface area contributed by atoms with E-state index in [9.17, 15) is 0 Å². The maximum Gasteiger partial charge on any atom is 0.233 e. The number of hydrogen-bond donors (Lipinski definition) is 0. The van der Waals surface area contributed by atoms with Crippen LogP contribution in [0.3, 0.4) is 0 Å². The van der Waals surface area contributed by atoms with E-state index in [0.717, 1.165) is 25.3 Å². The molecule has 2 heterocycles. The molecular formula is C15H17Cl2N3O2. The maximum atomic E-state index is 6.01. The molecule has 0 N–H and O–H groups in total. The first-order valence-corrected chi connectivity index (χ1v) is 7.94. The second-order valence-corrected chi connectivity index (χ2v) is 6.25. The summed E-state index contributed by atoms with van der Waals surface area (Å²) in [6.45, 7) is 5.59. The molecule has 3 rings (SSSR count). The molecule has 0 saturated carbocycles. The van der Waals surface area contributed by atoms with Crippen molar-refractivity contribution in [3.8, 4) is 5.75 Å². The first kappa shape index (κ1) is 15.6. The van der Waals surface area contributed by atoms with Gasteiger partial charge in [-0.05, 0) is 25.5 Å². The molecule has 1 aromatic carbocycles. The van der Waals surface area contributed by atoms with Gasteiger partial charge in [0.05, 0.1) is 16.1 Å². The van der Waals surface area contributed by atoms with Gasteiger partial charge in [0.25, 0.3) is 0 Å². The van der Waals surface area contributed by atoms with E-state index in [2.05, 4.69) is 22.0 Å². The topological polar surface area (TPSA) is 51.4 Å². The highest BCUT2D eigenvalue weighted by atomic mass is 35.5. The van der Waals surface area contributed by atoms with Crippen LogP contribution in [0.25, 0.3) is 0 Å². The van der Waals surface area contributed by atoms with Crippen LogP contribution < -0.4 is 4.74 Å². The molecule has 1 saturated heterocycles. The molecule has 0 aliphatic carbocycles. The van der Waals surface area contributed by atoms with Crippen LogP contribution in [0.4, 0.5) is 0 Å². The van der Waals surface area contributed by atoms with Crippen molar-refractivity contribution in [3.05, 3.63) is 40.0 Å². The van der Waals surface area contributed by atoms with E-state index in [1.807, 2.05) is 6.07 Å². The molecule has 1 fully saturated rings. The van der Waals surface area contributed by atoms with Crippen LogP contribution in [-0.2, 0) is 0 Å². The van der Waals surface area contributed by atoms with Gasteiger partial charge in [-0.3, -0.25) is 4.90 Å². The minimum atomic E-state index is 0.0867. The van der Waals surface area contributed by atoms with Gasteiger partial charge >= 0.3 is 0 Å². The molecule has 0 spiro atoms. The van der Waals surface area contributed by atoms with Crippen molar-refractivity contribution in [2.45, 2.75) is 32.4 Å². The molecule has 22 heavy (non-hydrogen) atoms. The molecule has 1 aliphatic rings. The fraction of sp³-hybridized carbons (Fsp3) is 0.467. The lowest BCUT2D eigenvalue weighted by molar-refractivity contribution is 0.170. The molecule has 2 atom stereocenters. The molecule has 2 aromatic rings.